The number of hydrogen-bond acceptors (Lipinski definition) is 4. The average Bonchev–Trinajstić information content (AvgIpc) is 2.29. The van der Waals surface area contributed by atoms with Crippen molar-refractivity contribution in [2.75, 3.05) is 39.3 Å². The normalized spacial score (nSPS) is 19.4. The van der Waals surface area contributed by atoms with Gasteiger partial charge >= 0.3 is 5.97 Å². The molecular formula is C13H25N3O3. The number of carbonyl (C=O) groups excluding carboxylic acids is 1. The highest BCUT2D eigenvalue weighted by Crippen LogP contribution is 2.06. The summed E-state index contributed by atoms with van der Waals surface area (Å²) in [5.41, 5.74) is 0. The predicted octanol–water partition coefficient (Wildman–Crippen LogP) is -0.151. The van der Waals surface area contributed by atoms with Gasteiger partial charge in [-0.1, -0.05) is 13.8 Å². The number of nitrogens with zero attached hydrogens (tertiary/aromatic N) is 2. The minimum atomic E-state index is -0.972. The molecule has 0 saturated carbocycles. The van der Waals surface area contributed by atoms with Crippen molar-refractivity contribution in [1.29, 1.82) is 0 Å². The van der Waals surface area contributed by atoms with Crippen LogP contribution in [-0.4, -0.2) is 72.1 Å². The number of amides is 1. The van der Waals surface area contributed by atoms with Gasteiger partial charge in [0.25, 0.3) is 0 Å². The van der Waals surface area contributed by atoms with Crippen LogP contribution in [-0.2, 0) is 9.59 Å². The summed E-state index contributed by atoms with van der Waals surface area (Å²) < 4.78 is 0. The lowest BCUT2D eigenvalue weighted by atomic mass is 10.2. The highest BCUT2D eigenvalue weighted by Gasteiger charge is 2.24. The highest BCUT2D eigenvalue weighted by molar-refractivity contribution is 5.82. The molecule has 19 heavy (non-hydrogen) atoms. The second-order valence-corrected chi connectivity index (χ2v) is 5.59. The van der Waals surface area contributed by atoms with Crippen molar-refractivity contribution >= 4 is 11.9 Å². The van der Waals surface area contributed by atoms with Crippen molar-refractivity contribution in [3.8, 4) is 0 Å². The summed E-state index contributed by atoms with van der Waals surface area (Å²) in [4.78, 5) is 26.5. The topological polar surface area (TPSA) is 72.9 Å². The average molecular weight is 271 g/mol. The number of carbonyl (C=O) groups is 2. The lowest BCUT2D eigenvalue weighted by Gasteiger charge is -2.36. The molecule has 0 aromatic heterocycles. The standard InChI is InChI=1S/C13H25N3O3/c1-10(2)8-15-4-6-16(7-5-15)9-12(13(18)19)14-11(3)17/h10,12H,4-9H2,1-3H3,(H,14,17)(H,18,19). The molecule has 0 bridgehead atoms. The van der Waals surface area contributed by atoms with Gasteiger partial charge in [0.15, 0.2) is 0 Å². The Kier molecular flexibility index (Phi) is 6.24. The molecule has 6 heteroatoms. The van der Waals surface area contributed by atoms with Gasteiger partial charge in [-0.25, -0.2) is 4.79 Å². The summed E-state index contributed by atoms with van der Waals surface area (Å²) in [5, 5.41) is 11.5. The zero-order valence-electron chi connectivity index (χ0n) is 12.1. The van der Waals surface area contributed by atoms with Crippen LogP contribution in [0, 0.1) is 5.92 Å². The second-order valence-electron chi connectivity index (χ2n) is 5.59. The lowest BCUT2D eigenvalue weighted by molar-refractivity contribution is -0.142. The van der Waals surface area contributed by atoms with Crippen LogP contribution in [0.4, 0.5) is 0 Å². The molecule has 0 aliphatic carbocycles. The second kappa shape index (κ2) is 7.45. The molecule has 1 aliphatic heterocycles. The highest BCUT2D eigenvalue weighted by atomic mass is 16.4. The fourth-order valence-electron chi connectivity index (χ4n) is 2.36. The Hall–Kier alpha value is -1.14. The molecule has 1 fully saturated rings. The first kappa shape index (κ1) is 15.9. The summed E-state index contributed by atoms with van der Waals surface area (Å²) in [5.74, 6) is -0.622. The van der Waals surface area contributed by atoms with Crippen molar-refractivity contribution < 1.29 is 14.7 Å². The van der Waals surface area contributed by atoms with Crippen molar-refractivity contribution in [2.45, 2.75) is 26.8 Å². The molecule has 1 saturated heterocycles. The zero-order chi connectivity index (χ0) is 14.4. The SMILES string of the molecule is CC(=O)NC(CN1CCN(CC(C)C)CC1)C(=O)O. The maximum absolute atomic E-state index is 11.1. The summed E-state index contributed by atoms with van der Waals surface area (Å²) in [6.45, 7) is 10.8. The molecule has 1 aliphatic rings. The van der Waals surface area contributed by atoms with Crippen LogP contribution in [0.5, 0.6) is 0 Å². The van der Waals surface area contributed by atoms with Gasteiger partial charge in [0.2, 0.25) is 5.91 Å². The van der Waals surface area contributed by atoms with E-state index in [1.807, 2.05) is 0 Å². The minimum Gasteiger partial charge on any atom is -0.480 e. The zero-order valence-corrected chi connectivity index (χ0v) is 12.1. The van der Waals surface area contributed by atoms with Gasteiger partial charge in [0.05, 0.1) is 0 Å². The van der Waals surface area contributed by atoms with Gasteiger partial charge in [0.1, 0.15) is 6.04 Å². The number of carboxylic acids is 1. The number of rotatable bonds is 6. The number of hydrogen-bond donors (Lipinski definition) is 2. The Morgan fingerprint density at radius 2 is 1.58 bits per heavy atom. The Labute approximate surface area is 114 Å². The lowest BCUT2D eigenvalue weighted by Crippen LogP contribution is -2.53. The van der Waals surface area contributed by atoms with Crippen molar-refractivity contribution in [3.05, 3.63) is 0 Å². The van der Waals surface area contributed by atoms with Crippen molar-refractivity contribution in [1.82, 2.24) is 15.1 Å². The van der Waals surface area contributed by atoms with Gasteiger partial charge in [-0.3, -0.25) is 9.69 Å². The van der Waals surface area contributed by atoms with Crippen LogP contribution in [0.1, 0.15) is 20.8 Å². The fourth-order valence-corrected chi connectivity index (χ4v) is 2.36. The summed E-state index contributed by atoms with van der Waals surface area (Å²) >= 11 is 0. The molecule has 1 atom stereocenters. The maximum atomic E-state index is 11.1. The molecule has 0 radical (unpaired) electrons. The van der Waals surface area contributed by atoms with E-state index in [0.717, 1.165) is 32.7 Å². The number of aliphatic carboxylic acids is 1. The van der Waals surface area contributed by atoms with E-state index in [4.69, 9.17) is 5.11 Å². The molecule has 0 aromatic rings. The third-order valence-electron chi connectivity index (χ3n) is 3.20. The molecule has 2 N–H and O–H groups in total. The third kappa shape index (κ3) is 6.02. The molecular weight excluding hydrogens is 246 g/mol. The molecule has 0 aromatic carbocycles. The first-order chi connectivity index (χ1) is 8.88. The van der Waals surface area contributed by atoms with Crippen LogP contribution in [0.25, 0.3) is 0 Å². The van der Waals surface area contributed by atoms with Crippen molar-refractivity contribution in [3.63, 3.8) is 0 Å². The summed E-state index contributed by atoms with van der Waals surface area (Å²) in [7, 11) is 0. The predicted molar refractivity (Wildman–Crippen MR) is 73.0 cm³/mol. The van der Waals surface area contributed by atoms with Gasteiger partial charge in [-0.15, -0.1) is 0 Å². The molecule has 6 nitrogen and oxygen atoms in total. The molecule has 0 spiro atoms. The van der Waals surface area contributed by atoms with Gasteiger partial charge in [0, 0.05) is 46.2 Å². The fraction of sp³-hybridized carbons (Fsp3) is 0.846. The smallest absolute Gasteiger partial charge is 0.327 e. The largest absolute Gasteiger partial charge is 0.480 e. The van der Waals surface area contributed by atoms with E-state index >= 15 is 0 Å². The van der Waals surface area contributed by atoms with Crippen LogP contribution in [0.15, 0.2) is 0 Å². The van der Waals surface area contributed by atoms with E-state index in [-0.39, 0.29) is 5.91 Å². The number of nitrogens with one attached hydrogen (secondary N) is 1. The van der Waals surface area contributed by atoms with Gasteiger partial charge in [-0.2, -0.15) is 0 Å². The van der Waals surface area contributed by atoms with Crippen molar-refractivity contribution in [2.24, 2.45) is 5.92 Å². The molecule has 1 heterocycles. The Morgan fingerprint density at radius 1 is 1.11 bits per heavy atom. The van der Waals surface area contributed by atoms with E-state index in [1.54, 1.807) is 0 Å². The first-order valence-corrected chi connectivity index (χ1v) is 6.83. The van der Waals surface area contributed by atoms with E-state index in [1.165, 1.54) is 6.92 Å². The summed E-state index contributed by atoms with van der Waals surface area (Å²) in [6.07, 6.45) is 0. The number of piperazine rings is 1. The van der Waals surface area contributed by atoms with E-state index in [9.17, 15) is 9.59 Å². The Balaban J connectivity index is 2.38. The van der Waals surface area contributed by atoms with Gasteiger partial charge in [-0.05, 0) is 5.92 Å². The molecule has 110 valence electrons. The quantitative estimate of drug-likeness (QED) is 0.703. The number of carboxylic acid groups (broad SMARTS) is 1. The monoisotopic (exact) mass is 271 g/mol. The van der Waals surface area contributed by atoms with Gasteiger partial charge < -0.3 is 15.3 Å². The minimum absolute atomic E-state index is 0.300. The van der Waals surface area contributed by atoms with Crippen LogP contribution >= 0.6 is 0 Å². The van der Waals surface area contributed by atoms with Crippen LogP contribution < -0.4 is 5.32 Å². The molecule has 1 rings (SSSR count). The van der Waals surface area contributed by atoms with E-state index < -0.39 is 12.0 Å². The van der Waals surface area contributed by atoms with Crippen LogP contribution in [0.2, 0.25) is 0 Å². The third-order valence-corrected chi connectivity index (χ3v) is 3.20. The first-order valence-electron chi connectivity index (χ1n) is 6.83. The molecule has 1 unspecified atom stereocenters. The molecule has 1 amide bonds. The van der Waals surface area contributed by atoms with E-state index in [0.29, 0.717) is 12.5 Å². The van der Waals surface area contributed by atoms with Crippen LogP contribution in [0.3, 0.4) is 0 Å². The van der Waals surface area contributed by atoms with E-state index in [2.05, 4.69) is 29.0 Å². The summed E-state index contributed by atoms with van der Waals surface area (Å²) in [6, 6.07) is -0.811. The Bertz CT molecular complexity index is 312. The Morgan fingerprint density at radius 3 is 1.95 bits per heavy atom. The maximum Gasteiger partial charge on any atom is 0.327 e.